The summed E-state index contributed by atoms with van der Waals surface area (Å²) in [4.78, 5) is 13.8. The average Bonchev–Trinajstić information content (AvgIpc) is 2.39. The first kappa shape index (κ1) is 15.9. The molecule has 1 saturated heterocycles. The van der Waals surface area contributed by atoms with E-state index in [1.165, 1.54) is 6.92 Å². The van der Waals surface area contributed by atoms with E-state index in [4.69, 9.17) is 5.26 Å². The molecule has 0 bridgehead atoms. The van der Waals surface area contributed by atoms with Crippen molar-refractivity contribution >= 4 is 15.9 Å². The Hall–Kier alpha value is -1.13. The molecule has 0 radical (unpaired) electrons. The molecule has 0 aromatic heterocycles. The largest absolute Gasteiger partial charge is 0.341 e. The van der Waals surface area contributed by atoms with Gasteiger partial charge in [0.25, 0.3) is 0 Å². The lowest BCUT2D eigenvalue weighted by Gasteiger charge is -2.29. The van der Waals surface area contributed by atoms with Gasteiger partial charge in [0, 0.05) is 13.1 Å². The number of rotatable bonds is 5. The quantitative estimate of drug-likeness (QED) is 0.802. The summed E-state index contributed by atoms with van der Waals surface area (Å²) >= 11 is 0. The van der Waals surface area contributed by atoms with Gasteiger partial charge in [-0.1, -0.05) is 6.92 Å². The minimum Gasteiger partial charge on any atom is -0.341 e. The minimum atomic E-state index is -3.76. The summed E-state index contributed by atoms with van der Waals surface area (Å²) in [5.41, 5.74) is 0. The highest BCUT2D eigenvalue weighted by molar-refractivity contribution is 7.90. The van der Waals surface area contributed by atoms with Crippen LogP contribution in [-0.2, 0) is 14.8 Å². The maximum atomic E-state index is 12.1. The molecule has 1 N–H and O–H groups in total. The zero-order chi connectivity index (χ0) is 14.5. The van der Waals surface area contributed by atoms with Crippen LogP contribution >= 0.6 is 0 Å². The van der Waals surface area contributed by atoms with E-state index in [0.29, 0.717) is 13.1 Å². The van der Waals surface area contributed by atoms with Crippen LogP contribution in [0.25, 0.3) is 0 Å². The number of nitrogens with one attached hydrogen (secondary N) is 1. The molecule has 1 aliphatic rings. The van der Waals surface area contributed by atoms with Crippen molar-refractivity contribution in [1.82, 2.24) is 9.62 Å². The van der Waals surface area contributed by atoms with E-state index in [-0.39, 0.29) is 12.3 Å². The number of nitriles is 1. The first-order valence-electron chi connectivity index (χ1n) is 6.62. The van der Waals surface area contributed by atoms with Crippen molar-refractivity contribution in [3.05, 3.63) is 0 Å². The number of nitrogens with zero attached hydrogens (tertiary/aromatic N) is 2. The Morgan fingerprint density at radius 1 is 1.37 bits per heavy atom. The van der Waals surface area contributed by atoms with Gasteiger partial charge in [-0.2, -0.15) is 5.26 Å². The number of carbonyl (C=O) groups excluding carboxylic acids is 1. The second-order valence-electron chi connectivity index (χ2n) is 4.80. The Bertz CT molecular complexity index is 449. The smallest absolute Gasteiger partial charge is 0.240 e. The van der Waals surface area contributed by atoms with Crippen LogP contribution in [0.1, 0.15) is 39.5 Å². The molecule has 0 aromatic rings. The molecule has 0 aromatic carbocycles. The Morgan fingerprint density at radius 2 is 1.95 bits per heavy atom. The van der Waals surface area contributed by atoms with Crippen molar-refractivity contribution in [3.63, 3.8) is 0 Å². The van der Waals surface area contributed by atoms with Crippen molar-refractivity contribution in [2.45, 2.75) is 50.8 Å². The van der Waals surface area contributed by atoms with E-state index < -0.39 is 21.3 Å². The molecule has 0 spiro atoms. The van der Waals surface area contributed by atoms with Crippen molar-refractivity contribution in [1.29, 1.82) is 5.26 Å². The molecule has 1 heterocycles. The highest BCUT2D eigenvalue weighted by atomic mass is 32.2. The van der Waals surface area contributed by atoms with Gasteiger partial charge in [-0.15, -0.1) is 0 Å². The van der Waals surface area contributed by atoms with Crippen molar-refractivity contribution in [3.8, 4) is 6.07 Å². The van der Waals surface area contributed by atoms with Crippen molar-refractivity contribution in [2.24, 2.45) is 0 Å². The highest BCUT2D eigenvalue weighted by Crippen LogP contribution is 2.11. The molecule has 7 heteroatoms. The molecule has 2 unspecified atom stereocenters. The summed E-state index contributed by atoms with van der Waals surface area (Å²) in [5, 5.41) is 7.69. The fourth-order valence-electron chi connectivity index (χ4n) is 2.15. The van der Waals surface area contributed by atoms with Crippen LogP contribution in [0.5, 0.6) is 0 Å². The molecule has 0 aliphatic carbocycles. The van der Waals surface area contributed by atoms with Crippen molar-refractivity contribution < 1.29 is 13.2 Å². The fourth-order valence-corrected chi connectivity index (χ4v) is 3.48. The van der Waals surface area contributed by atoms with Gasteiger partial charge in [-0.25, -0.2) is 13.1 Å². The number of hydrogen-bond acceptors (Lipinski definition) is 4. The number of carbonyl (C=O) groups is 1. The van der Waals surface area contributed by atoms with Gasteiger partial charge in [-0.05, 0) is 32.6 Å². The number of sulfonamides is 1. The fraction of sp³-hybridized carbons (Fsp3) is 0.833. The monoisotopic (exact) mass is 287 g/mol. The Kier molecular flexibility index (Phi) is 5.76. The third-order valence-electron chi connectivity index (χ3n) is 3.27. The van der Waals surface area contributed by atoms with Crippen LogP contribution < -0.4 is 4.72 Å². The van der Waals surface area contributed by atoms with E-state index >= 15 is 0 Å². The molecular formula is C12H21N3O3S. The summed E-state index contributed by atoms with van der Waals surface area (Å²) in [6, 6.07) is 0.926. The van der Waals surface area contributed by atoms with Gasteiger partial charge in [0.15, 0.2) is 5.25 Å². The molecule has 1 rings (SSSR count). The summed E-state index contributed by atoms with van der Waals surface area (Å²) < 4.78 is 26.1. The lowest BCUT2D eigenvalue weighted by Crippen LogP contribution is -2.50. The predicted octanol–water partition coefficient (Wildman–Crippen LogP) is 0.609. The molecule has 1 amide bonds. The minimum absolute atomic E-state index is 0.205. The lowest BCUT2D eigenvalue weighted by molar-refractivity contribution is -0.133. The van der Waals surface area contributed by atoms with Crippen molar-refractivity contribution in [2.75, 3.05) is 13.1 Å². The third-order valence-corrected chi connectivity index (χ3v) is 5.14. The van der Waals surface area contributed by atoms with Gasteiger partial charge >= 0.3 is 0 Å². The zero-order valence-corrected chi connectivity index (χ0v) is 12.2. The normalized spacial score (nSPS) is 19.5. The molecule has 0 saturated carbocycles. The SMILES string of the molecule is CCC(C#N)S(=O)(=O)NC(C)C(=O)N1CCCCC1. The Morgan fingerprint density at radius 3 is 2.42 bits per heavy atom. The van der Waals surface area contributed by atoms with Gasteiger partial charge in [0.05, 0.1) is 12.1 Å². The molecular weight excluding hydrogens is 266 g/mol. The van der Waals surface area contributed by atoms with Crippen LogP contribution in [0.3, 0.4) is 0 Å². The van der Waals surface area contributed by atoms with E-state index in [1.54, 1.807) is 17.9 Å². The summed E-state index contributed by atoms with van der Waals surface area (Å²) in [7, 11) is -3.76. The van der Waals surface area contributed by atoms with Gasteiger partial charge in [0.2, 0.25) is 15.9 Å². The molecule has 2 atom stereocenters. The zero-order valence-electron chi connectivity index (χ0n) is 11.4. The third kappa shape index (κ3) is 4.18. The Balaban J connectivity index is 2.65. The van der Waals surface area contributed by atoms with Crippen LogP contribution in [0.4, 0.5) is 0 Å². The molecule has 19 heavy (non-hydrogen) atoms. The molecule has 6 nitrogen and oxygen atoms in total. The maximum absolute atomic E-state index is 12.1. The van der Waals surface area contributed by atoms with Crippen LogP contribution in [0.2, 0.25) is 0 Å². The maximum Gasteiger partial charge on any atom is 0.240 e. The Labute approximate surface area is 114 Å². The number of amides is 1. The molecule has 1 fully saturated rings. The van der Waals surface area contributed by atoms with Crippen LogP contribution in [0.15, 0.2) is 0 Å². The van der Waals surface area contributed by atoms with Crippen LogP contribution in [-0.4, -0.2) is 43.6 Å². The van der Waals surface area contributed by atoms with Crippen LogP contribution in [0, 0.1) is 11.3 Å². The summed E-state index contributed by atoms with van der Waals surface area (Å²) in [5.74, 6) is -0.212. The van der Waals surface area contributed by atoms with Gasteiger partial charge in [-0.3, -0.25) is 4.79 Å². The predicted molar refractivity (Wildman–Crippen MR) is 71.6 cm³/mol. The summed E-state index contributed by atoms with van der Waals surface area (Å²) in [6.07, 6.45) is 3.23. The van der Waals surface area contributed by atoms with E-state index in [0.717, 1.165) is 19.3 Å². The van der Waals surface area contributed by atoms with Gasteiger partial charge < -0.3 is 4.90 Å². The number of piperidine rings is 1. The van der Waals surface area contributed by atoms with E-state index in [2.05, 4.69) is 4.72 Å². The van der Waals surface area contributed by atoms with E-state index in [9.17, 15) is 13.2 Å². The first-order valence-corrected chi connectivity index (χ1v) is 8.16. The molecule has 1 aliphatic heterocycles. The highest BCUT2D eigenvalue weighted by Gasteiger charge is 2.30. The van der Waals surface area contributed by atoms with E-state index in [1.807, 2.05) is 0 Å². The van der Waals surface area contributed by atoms with Gasteiger partial charge in [0.1, 0.15) is 0 Å². The second kappa shape index (κ2) is 6.87. The summed E-state index contributed by atoms with van der Waals surface area (Å²) in [6.45, 7) is 4.52. The average molecular weight is 287 g/mol. The standard InChI is InChI=1S/C12H21N3O3S/c1-3-11(9-13)19(17,18)14-10(2)12(16)15-7-5-4-6-8-15/h10-11,14H,3-8H2,1-2H3. The number of likely N-dealkylation sites (tertiary alicyclic amines) is 1. The second-order valence-corrected chi connectivity index (χ2v) is 6.69. The molecule has 108 valence electrons. The number of hydrogen-bond donors (Lipinski definition) is 1. The topological polar surface area (TPSA) is 90.3 Å². The first-order chi connectivity index (χ1) is 8.92. The lowest BCUT2D eigenvalue weighted by atomic mass is 10.1.